The molecule has 0 bridgehead atoms. The molecule has 2 atom stereocenters. The molecule has 0 amide bonds. The van der Waals surface area contributed by atoms with Crippen LogP contribution in [0, 0.1) is 5.92 Å². The maximum absolute atomic E-state index is 9.29. The summed E-state index contributed by atoms with van der Waals surface area (Å²) < 4.78 is 0. The first-order valence-electron chi connectivity index (χ1n) is 5.68. The van der Waals surface area contributed by atoms with E-state index in [4.69, 9.17) is 0 Å². The summed E-state index contributed by atoms with van der Waals surface area (Å²) in [6.07, 6.45) is 1.13. The summed E-state index contributed by atoms with van der Waals surface area (Å²) in [6.45, 7) is 4.63. The van der Waals surface area contributed by atoms with Crippen molar-refractivity contribution in [2.45, 2.75) is 25.9 Å². The van der Waals surface area contributed by atoms with Gasteiger partial charge in [-0.2, -0.15) is 0 Å². The zero-order valence-electron chi connectivity index (χ0n) is 9.26. The number of nitrogens with zero attached hydrogens (tertiary/aromatic N) is 1. The topological polar surface area (TPSA) is 23.5 Å². The predicted molar refractivity (Wildman–Crippen MR) is 61.5 cm³/mol. The number of aliphatic hydroxyl groups is 1. The van der Waals surface area contributed by atoms with E-state index < -0.39 is 0 Å². The summed E-state index contributed by atoms with van der Waals surface area (Å²) in [6, 6.07) is 10.8. The minimum atomic E-state index is 0.289. The minimum absolute atomic E-state index is 0.289. The fraction of sp³-hybridized carbons (Fsp3) is 0.538. The second-order valence-corrected chi connectivity index (χ2v) is 4.59. The van der Waals surface area contributed by atoms with E-state index >= 15 is 0 Å². The lowest BCUT2D eigenvalue weighted by Crippen LogP contribution is -2.31. The normalized spacial score (nSPS) is 27.1. The predicted octanol–water partition coefficient (Wildman–Crippen LogP) is 1.89. The smallest absolute Gasteiger partial charge is 0.0587 e. The molecule has 1 fully saturated rings. The molecule has 1 N–H and O–H groups in total. The standard InChI is InChI=1S/C13H19NO/c1-11-7-13(10-15)14(8-11)9-12-5-3-2-4-6-12/h2-6,11,13,15H,7-10H2,1H3/t11-,13+/m1/s1. The third-order valence-electron chi connectivity index (χ3n) is 3.18. The Labute approximate surface area is 91.5 Å². The second kappa shape index (κ2) is 4.77. The highest BCUT2D eigenvalue weighted by molar-refractivity contribution is 5.14. The van der Waals surface area contributed by atoms with E-state index in [1.165, 1.54) is 5.56 Å². The van der Waals surface area contributed by atoms with Gasteiger partial charge in [0.1, 0.15) is 0 Å². The number of benzene rings is 1. The van der Waals surface area contributed by atoms with E-state index in [1.807, 2.05) is 6.07 Å². The van der Waals surface area contributed by atoms with Gasteiger partial charge in [-0.25, -0.2) is 0 Å². The summed E-state index contributed by atoms with van der Waals surface area (Å²) in [5.41, 5.74) is 1.34. The third kappa shape index (κ3) is 2.58. The van der Waals surface area contributed by atoms with Crippen LogP contribution in [-0.2, 0) is 6.54 Å². The quantitative estimate of drug-likeness (QED) is 0.814. The molecule has 0 radical (unpaired) electrons. The summed E-state index contributed by atoms with van der Waals surface area (Å²) in [5.74, 6) is 0.714. The molecule has 2 nitrogen and oxygen atoms in total. The van der Waals surface area contributed by atoms with Gasteiger partial charge in [-0.15, -0.1) is 0 Å². The first-order valence-corrected chi connectivity index (χ1v) is 5.68. The Morgan fingerprint density at radius 3 is 2.73 bits per heavy atom. The van der Waals surface area contributed by atoms with Crippen molar-refractivity contribution in [2.24, 2.45) is 5.92 Å². The molecule has 2 heteroatoms. The fourth-order valence-electron chi connectivity index (χ4n) is 2.44. The molecule has 1 heterocycles. The number of rotatable bonds is 3. The molecule has 0 saturated carbocycles. The number of aliphatic hydroxyl groups excluding tert-OH is 1. The summed E-state index contributed by atoms with van der Waals surface area (Å²) in [4.78, 5) is 2.39. The fourth-order valence-corrected chi connectivity index (χ4v) is 2.44. The molecule has 1 aliphatic rings. The molecule has 0 aromatic heterocycles. The molecule has 0 spiro atoms. The maximum atomic E-state index is 9.29. The summed E-state index contributed by atoms with van der Waals surface area (Å²) in [7, 11) is 0. The van der Waals surface area contributed by atoms with Crippen LogP contribution in [0.5, 0.6) is 0 Å². The third-order valence-corrected chi connectivity index (χ3v) is 3.18. The van der Waals surface area contributed by atoms with Crippen molar-refractivity contribution >= 4 is 0 Å². The van der Waals surface area contributed by atoms with Crippen LogP contribution in [0.4, 0.5) is 0 Å². The van der Waals surface area contributed by atoms with Gasteiger partial charge in [0.2, 0.25) is 0 Å². The number of likely N-dealkylation sites (tertiary alicyclic amines) is 1. The van der Waals surface area contributed by atoms with Crippen LogP contribution in [0.3, 0.4) is 0 Å². The first-order chi connectivity index (χ1) is 7.29. The molecule has 1 aromatic rings. The maximum Gasteiger partial charge on any atom is 0.0587 e. The monoisotopic (exact) mass is 205 g/mol. The Morgan fingerprint density at radius 1 is 1.33 bits per heavy atom. The molecule has 0 aliphatic carbocycles. The van der Waals surface area contributed by atoms with E-state index in [0.717, 1.165) is 19.5 Å². The highest BCUT2D eigenvalue weighted by Crippen LogP contribution is 2.24. The molecule has 15 heavy (non-hydrogen) atoms. The number of hydrogen-bond donors (Lipinski definition) is 1. The van der Waals surface area contributed by atoms with Crippen LogP contribution in [0.2, 0.25) is 0 Å². The van der Waals surface area contributed by atoms with Gasteiger partial charge in [0.05, 0.1) is 6.61 Å². The van der Waals surface area contributed by atoms with Crippen LogP contribution >= 0.6 is 0 Å². The van der Waals surface area contributed by atoms with E-state index in [0.29, 0.717) is 12.0 Å². The molecule has 1 saturated heterocycles. The van der Waals surface area contributed by atoms with Crippen molar-refractivity contribution in [1.29, 1.82) is 0 Å². The largest absolute Gasteiger partial charge is 0.395 e. The zero-order chi connectivity index (χ0) is 10.7. The van der Waals surface area contributed by atoms with Gasteiger partial charge in [0, 0.05) is 19.1 Å². The van der Waals surface area contributed by atoms with Crippen LogP contribution in [0.15, 0.2) is 30.3 Å². The summed E-state index contributed by atoms with van der Waals surface area (Å²) >= 11 is 0. The second-order valence-electron chi connectivity index (χ2n) is 4.59. The van der Waals surface area contributed by atoms with Gasteiger partial charge >= 0.3 is 0 Å². The van der Waals surface area contributed by atoms with Gasteiger partial charge in [0.25, 0.3) is 0 Å². The van der Waals surface area contributed by atoms with E-state index in [9.17, 15) is 5.11 Å². The lowest BCUT2D eigenvalue weighted by Gasteiger charge is -2.22. The van der Waals surface area contributed by atoms with Crippen molar-refractivity contribution in [3.05, 3.63) is 35.9 Å². The number of hydrogen-bond acceptors (Lipinski definition) is 2. The van der Waals surface area contributed by atoms with Crippen molar-refractivity contribution in [3.63, 3.8) is 0 Å². The van der Waals surface area contributed by atoms with Crippen molar-refractivity contribution in [3.8, 4) is 0 Å². The Morgan fingerprint density at radius 2 is 2.07 bits per heavy atom. The highest BCUT2D eigenvalue weighted by Gasteiger charge is 2.28. The average Bonchev–Trinajstić information content (AvgIpc) is 2.60. The first kappa shape index (κ1) is 10.7. The lowest BCUT2D eigenvalue weighted by molar-refractivity contribution is 0.153. The van der Waals surface area contributed by atoms with Crippen molar-refractivity contribution in [1.82, 2.24) is 4.90 Å². The Balaban J connectivity index is 2.00. The SMILES string of the molecule is C[C@@H]1C[C@@H](CO)N(Cc2ccccc2)C1. The molecule has 0 unspecified atom stereocenters. The van der Waals surface area contributed by atoms with Gasteiger partial charge in [0.15, 0.2) is 0 Å². The van der Waals surface area contributed by atoms with Crippen LogP contribution < -0.4 is 0 Å². The Kier molecular flexibility index (Phi) is 3.39. The molecular formula is C13H19NO. The van der Waals surface area contributed by atoms with Crippen molar-refractivity contribution < 1.29 is 5.11 Å². The van der Waals surface area contributed by atoms with Gasteiger partial charge in [-0.3, -0.25) is 4.90 Å². The average molecular weight is 205 g/mol. The van der Waals surface area contributed by atoms with E-state index in [-0.39, 0.29) is 6.61 Å². The minimum Gasteiger partial charge on any atom is -0.395 e. The molecule has 2 rings (SSSR count). The summed E-state index contributed by atoms with van der Waals surface area (Å²) in [5, 5.41) is 9.29. The Hall–Kier alpha value is -0.860. The lowest BCUT2D eigenvalue weighted by atomic mass is 10.1. The molecule has 82 valence electrons. The van der Waals surface area contributed by atoms with Crippen LogP contribution in [-0.4, -0.2) is 29.2 Å². The molecular weight excluding hydrogens is 186 g/mol. The zero-order valence-corrected chi connectivity index (χ0v) is 9.26. The Bertz CT molecular complexity index is 299. The van der Waals surface area contributed by atoms with Gasteiger partial charge in [-0.05, 0) is 17.9 Å². The van der Waals surface area contributed by atoms with Gasteiger partial charge < -0.3 is 5.11 Å². The molecule has 1 aliphatic heterocycles. The van der Waals surface area contributed by atoms with Crippen molar-refractivity contribution in [2.75, 3.05) is 13.2 Å². The highest BCUT2D eigenvalue weighted by atomic mass is 16.3. The molecule has 1 aromatic carbocycles. The van der Waals surface area contributed by atoms with Crippen LogP contribution in [0.25, 0.3) is 0 Å². The van der Waals surface area contributed by atoms with Crippen LogP contribution in [0.1, 0.15) is 18.9 Å². The van der Waals surface area contributed by atoms with Gasteiger partial charge in [-0.1, -0.05) is 37.3 Å². The van der Waals surface area contributed by atoms with E-state index in [1.54, 1.807) is 0 Å². The van der Waals surface area contributed by atoms with E-state index in [2.05, 4.69) is 36.1 Å².